The van der Waals surface area contributed by atoms with Crippen LogP contribution in [-0.4, -0.2) is 43.6 Å². The van der Waals surface area contributed by atoms with Gasteiger partial charge >= 0.3 is 0 Å². The first-order valence-electron chi connectivity index (χ1n) is 9.47. The molecule has 0 radical (unpaired) electrons. The van der Waals surface area contributed by atoms with Crippen molar-refractivity contribution in [3.8, 4) is 5.75 Å². The van der Waals surface area contributed by atoms with Crippen LogP contribution >= 0.6 is 0 Å². The van der Waals surface area contributed by atoms with E-state index in [9.17, 15) is 4.79 Å². The molecule has 1 unspecified atom stereocenters. The van der Waals surface area contributed by atoms with Crippen LogP contribution in [0.2, 0.25) is 0 Å². The van der Waals surface area contributed by atoms with E-state index >= 15 is 0 Å². The molecule has 2 aromatic rings. The molecule has 4 heteroatoms. The largest absolute Gasteiger partial charge is 0.496 e. The number of ether oxygens (including phenoxy) is 1. The average molecular weight is 350 g/mol. The number of methoxy groups -OCH3 is 1. The average Bonchev–Trinajstić information content (AvgIpc) is 2.70. The van der Waals surface area contributed by atoms with Gasteiger partial charge < -0.3 is 15.0 Å². The Morgan fingerprint density at radius 3 is 2.54 bits per heavy atom. The number of rotatable bonds is 5. The Labute approximate surface area is 155 Å². The predicted molar refractivity (Wildman–Crippen MR) is 103 cm³/mol. The summed E-state index contributed by atoms with van der Waals surface area (Å²) in [5.41, 5.74) is 2.86. The molecule has 2 bridgehead atoms. The van der Waals surface area contributed by atoms with Crippen LogP contribution in [0.3, 0.4) is 0 Å². The number of hydrogen-bond donors (Lipinski definition) is 1. The van der Waals surface area contributed by atoms with Crippen molar-refractivity contribution in [2.45, 2.75) is 25.3 Å². The number of piperidine rings is 3. The molecule has 1 N–H and O–H groups in total. The fourth-order valence-electron chi connectivity index (χ4n) is 4.33. The molecule has 1 amide bonds. The topological polar surface area (TPSA) is 41.6 Å². The van der Waals surface area contributed by atoms with Crippen LogP contribution in [0.15, 0.2) is 48.5 Å². The zero-order valence-corrected chi connectivity index (χ0v) is 15.3. The van der Waals surface area contributed by atoms with Crippen LogP contribution in [0.1, 0.15) is 34.3 Å². The molecule has 2 aromatic carbocycles. The Hall–Kier alpha value is -2.33. The molecule has 3 saturated heterocycles. The minimum atomic E-state index is 0.0218. The van der Waals surface area contributed by atoms with Gasteiger partial charge in [0.25, 0.3) is 5.91 Å². The van der Waals surface area contributed by atoms with E-state index < -0.39 is 0 Å². The quantitative estimate of drug-likeness (QED) is 0.901. The normalized spacial score (nSPS) is 24.3. The summed E-state index contributed by atoms with van der Waals surface area (Å²) < 4.78 is 5.56. The van der Waals surface area contributed by atoms with Crippen molar-refractivity contribution in [3.05, 3.63) is 65.2 Å². The maximum absolute atomic E-state index is 13.1. The van der Waals surface area contributed by atoms with Gasteiger partial charge in [0.15, 0.2) is 0 Å². The first kappa shape index (κ1) is 17.1. The number of hydrogen-bond acceptors (Lipinski definition) is 3. The lowest BCUT2D eigenvalue weighted by Crippen LogP contribution is -2.57. The maximum atomic E-state index is 13.1. The van der Waals surface area contributed by atoms with Gasteiger partial charge in [0.1, 0.15) is 5.75 Å². The lowest BCUT2D eigenvalue weighted by atomic mass is 9.84. The van der Waals surface area contributed by atoms with E-state index in [0.717, 1.165) is 23.4 Å². The van der Waals surface area contributed by atoms with Crippen LogP contribution in [0.5, 0.6) is 5.75 Å². The number of nitrogens with zero attached hydrogens (tertiary/aromatic N) is 1. The molecule has 136 valence electrons. The molecule has 0 spiro atoms. The van der Waals surface area contributed by atoms with E-state index in [1.54, 1.807) is 7.11 Å². The number of carbonyl (C=O) groups excluding carboxylic acids is 1. The SMILES string of the molecule is COc1cccc(C(=O)NC2CN3CCC2CC3)c1Cc1ccccc1. The van der Waals surface area contributed by atoms with E-state index in [4.69, 9.17) is 4.74 Å². The van der Waals surface area contributed by atoms with Crippen LogP contribution in [0.4, 0.5) is 0 Å². The van der Waals surface area contributed by atoms with Crippen molar-refractivity contribution < 1.29 is 9.53 Å². The van der Waals surface area contributed by atoms with E-state index in [2.05, 4.69) is 22.3 Å². The van der Waals surface area contributed by atoms with Gasteiger partial charge in [0.05, 0.1) is 7.11 Å². The second kappa shape index (κ2) is 7.50. The minimum Gasteiger partial charge on any atom is -0.496 e. The number of amides is 1. The van der Waals surface area contributed by atoms with Gasteiger partial charge in [-0.3, -0.25) is 4.79 Å². The standard InChI is InChI=1S/C22H26N2O2/c1-26-21-9-5-8-18(19(21)14-16-6-3-2-4-7-16)22(25)23-20-15-24-12-10-17(20)11-13-24/h2-9,17,20H,10-15H2,1H3,(H,23,25). The Bertz CT molecular complexity index is 767. The summed E-state index contributed by atoms with van der Waals surface area (Å²) in [7, 11) is 1.67. The molecule has 5 rings (SSSR count). The molecule has 26 heavy (non-hydrogen) atoms. The molecular weight excluding hydrogens is 324 g/mol. The van der Waals surface area contributed by atoms with Gasteiger partial charge in [-0.25, -0.2) is 0 Å². The third-order valence-electron chi connectivity index (χ3n) is 5.79. The molecule has 0 aromatic heterocycles. The fourth-order valence-corrected chi connectivity index (χ4v) is 4.33. The number of carbonyl (C=O) groups is 1. The van der Waals surface area contributed by atoms with E-state index in [1.807, 2.05) is 36.4 Å². The molecular formula is C22H26N2O2. The highest BCUT2D eigenvalue weighted by molar-refractivity contribution is 5.96. The third kappa shape index (κ3) is 3.47. The lowest BCUT2D eigenvalue weighted by Gasteiger charge is -2.45. The molecule has 3 aliphatic rings. The van der Waals surface area contributed by atoms with E-state index in [0.29, 0.717) is 12.3 Å². The summed E-state index contributed by atoms with van der Waals surface area (Å²) in [5, 5.41) is 3.31. The second-order valence-electron chi connectivity index (χ2n) is 7.37. The Balaban J connectivity index is 1.58. The summed E-state index contributed by atoms with van der Waals surface area (Å²) in [4.78, 5) is 15.5. The zero-order chi connectivity index (χ0) is 17.9. The van der Waals surface area contributed by atoms with Gasteiger partial charge in [-0.1, -0.05) is 36.4 Å². The number of fused-ring (bicyclic) bond motifs is 3. The number of nitrogens with one attached hydrogen (secondary N) is 1. The van der Waals surface area contributed by atoms with Crippen molar-refractivity contribution in [2.24, 2.45) is 5.92 Å². The smallest absolute Gasteiger partial charge is 0.251 e. The summed E-state index contributed by atoms with van der Waals surface area (Å²) in [5.74, 6) is 1.41. The summed E-state index contributed by atoms with van der Waals surface area (Å²) in [6.45, 7) is 3.33. The Morgan fingerprint density at radius 2 is 1.88 bits per heavy atom. The van der Waals surface area contributed by atoms with Gasteiger partial charge in [-0.05, 0) is 49.5 Å². The minimum absolute atomic E-state index is 0.0218. The van der Waals surface area contributed by atoms with Crippen LogP contribution in [0.25, 0.3) is 0 Å². The van der Waals surface area contributed by atoms with Gasteiger partial charge in [0, 0.05) is 30.1 Å². The summed E-state index contributed by atoms with van der Waals surface area (Å²) >= 11 is 0. The van der Waals surface area contributed by atoms with E-state index in [1.165, 1.54) is 31.5 Å². The van der Waals surface area contributed by atoms with Gasteiger partial charge in [-0.2, -0.15) is 0 Å². The van der Waals surface area contributed by atoms with Crippen molar-refractivity contribution in [1.82, 2.24) is 10.2 Å². The summed E-state index contributed by atoms with van der Waals surface area (Å²) in [6, 6.07) is 16.2. The first-order chi connectivity index (χ1) is 12.7. The third-order valence-corrected chi connectivity index (χ3v) is 5.79. The highest BCUT2D eigenvalue weighted by Crippen LogP contribution is 2.29. The van der Waals surface area contributed by atoms with Gasteiger partial charge in [0.2, 0.25) is 0 Å². The van der Waals surface area contributed by atoms with Crippen molar-refractivity contribution >= 4 is 5.91 Å². The molecule has 1 atom stereocenters. The zero-order valence-electron chi connectivity index (χ0n) is 15.3. The fraction of sp³-hybridized carbons (Fsp3) is 0.409. The van der Waals surface area contributed by atoms with Crippen LogP contribution in [0, 0.1) is 5.92 Å². The molecule has 0 saturated carbocycles. The molecule has 3 heterocycles. The van der Waals surface area contributed by atoms with Crippen molar-refractivity contribution in [3.63, 3.8) is 0 Å². The van der Waals surface area contributed by atoms with Crippen LogP contribution in [-0.2, 0) is 6.42 Å². The molecule has 4 nitrogen and oxygen atoms in total. The monoisotopic (exact) mass is 350 g/mol. The van der Waals surface area contributed by atoms with E-state index in [-0.39, 0.29) is 11.9 Å². The second-order valence-corrected chi connectivity index (χ2v) is 7.37. The van der Waals surface area contributed by atoms with Gasteiger partial charge in [-0.15, -0.1) is 0 Å². The number of benzene rings is 2. The van der Waals surface area contributed by atoms with Crippen molar-refractivity contribution in [2.75, 3.05) is 26.7 Å². The molecule has 0 aliphatic carbocycles. The highest BCUT2D eigenvalue weighted by Gasteiger charge is 2.35. The first-order valence-corrected chi connectivity index (χ1v) is 9.47. The molecule has 3 fully saturated rings. The van der Waals surface area contributed by atoms with Crippen molar-refractivity contribution in [1.29, 1.82) is 0 Å². The maximum Gasteiger partial charge on any atom is 0.251 e. The summed E-state index contributed by atoms with van der Waals surface area (Å²) in [6.07, 6.45) is 3.08. The highest BCUT2D eigenvalue weighted by atomic mass is 16.5. The Morgan fingerprint density at radius 1 is 1.12 bits per heavy atom. The van der Waals surface area contributed by atoms with Crippen LogP contribution < -0.4 is 10.1 Å². The Kier molecular flexibility index (Phi) is 4.93. The lowest BCUT2D eigenvalue weighted by molar-refractivity contribution is 0.0620. The molecule has 3 aliphatic heterocycles. The predicted octanol–water partition coefficient (Wildman–Crippen LogP) is 3.11.